The molecule has 1 aromatic rings. The number of methoxy groups -OCH3 is 1. The summed E-state index contributed by atoms with van der Waals surface area (Å²) in [5.41, 5.74) is 0. The number of rotatable bonds is 7. The van der Waals surface area contributed by atoms with Crippen molar-refractivity contribution < 1.29 is 13.2 Å². The quantitative estimate of drug-likeness (QED) is 0.795. The van der Waals surface area contributed by atoms with Gasteiger partial charge in [-0.25, -0.2) is 13.4 Å². The normalized spacial score (nSPS) is 12.7. The van der Waals surface area contributed by atoms with E-state index in [0.29, 0.717) is 25.6 Å². The lowest BCUT2D eigenvalue weighted by Gasteiger charge is -2.23. The fourth-order valence-electron chi connectivity index (χ4n) is 1.27. The Labute approximate surface area is 108 Å². The zero-order valence-electron chi connectivity index (χ0n) is 11.3. The smallest absolute Gasteiger partial charge is 0.202 e. The Kier molecular flexibility index (Phi) is 4.75. The number of anilines is 1. The molecular formula is C11H21N3O3S. The third-order valence-corrected chi connectivity index (χ3v) is 5.08. The number of aromatic nitrogens is 2. The first-order valence-corrected chi connectivity index (χ1v) is 7.60. The Morgan fingerprint density at radius 2 is 2.17 bits per heavy atom. The summed E-state index contributed by atoms with van der Waals surface area (Å²) in [5, 5.41) is 3.07. The van der Waals surface area contributed by atoms with Gasteiger partial charge in [-0.3, -0.25) is 0 Å². The molecule has 0 radical (unpaired) electrons. The van der Waals surface area contributed by atoms with Crippen LogP contribution in [0, 0.1) is 0 Å². The molecule has 0 amide bonds. The van der Waals surface area contributed by atoms with Gasteiger partial charge in [0.05, 0.1) is 11.4 Å². The third-order valence-electron chi connectivity index (χ3n) is 2.93. The lowest BCUT2D eigenvalue weighted by molar-refractivity contribution is 0.187. The molecule has 18 heavy (non-hydrogen) atoms. The van der Waals surface area contributed by atoms with Crippen molar-refractivity contribution in [2.45, 2.75) is 25.1 Å². The van der Waals surface area contributed by atoms with E-state index in [0.717, 1.165) is 0 Å². The summed E-state index contributed by atoms with van der Waals surface area (Å²) >= 11 is 0. The van der Waals surface area contributed by atoms with Crippen LogP contribution in [-0.4, -0.2) is 49.2 Å². The predicted octanol–water partition coefficient (Wildman–Crippen LogP) is 0.765. The van der Waals surface area contributed by atoms with Gasteiger partial charge in [0.2, 0.25) is 5.95 Å². The van der Waals surface area contributed by atoms with E-state index in [1.165, 1.54) is 6.26 Å². The van der Waals surface area contributed by atoms with Crippen molar-refractivity contribution in [3.8, 4) is 0 Å². The molecule has 0 bridgehead atoms. The summed E-state index contributed by atoms with van der Waals surface area (Å²) in [7, 11) is -1.47. The van der Waals surface area contributed by atoms with Crippen LogP contribution < -0.4 is 5.32 Å². The third kappa shape index (κ3) is 3.71. The van der Waals surface area contributed by atoms with Gasteiger partial charge < -0.3 is 14.6 Å². The van der Waals surface area contributed by atoms with Crippen LogP contribution in [0.4, 0.5) is 5.95 Å². The molecule has 1 aromatic heterocycles. The highest BCUT2D eigenvalue weighted by Crippen LogP contribution is 2.16. The van der Waals surface area contributed by atoms with Crippen LogP contribution in [-0.2, 0) is 21.1 Å². The molecule has 104 valence electrons. The van der Waals surface area contributed by atoms with Crippen LogP contribution >= 0.6 is 0 Å². The van der Waals surface area contributed by atoms with Gasteiger partial charge in [0, 0.05) is 38.8 Å². The van der Waals surface area contributed by atoms with Crippen LogP contribution in [0.2, 0.25) is 0 Å². The number of hydrogen-bond acceptors (Lipinski definition) is 5. The minimum Gasteiger partial charge on any atom is -0.383 e. The second-order valence-corrected chi connectivity index (χ2v) is 7.47. The Balaban J connectivity index is 2.67. The van der Waals surface area contributed by atoms with Crippen LogP contribution in [0.3, 0.4) is 0 Å². The summed E-state index contributed by atoms with van der Waals surface area (Å²) in [6, 6.07) is 0. The molecule has 6 nitrogen and oxygen atoms in total. The largest absolute Gasteiger partial charge is 0.383 e. The summed E-state index contributed by atoms with van der Waals surface area (Å²) < 4.78 is 29.2. The van der Waals surface area contributed by atoms with Gasteiger partial charge in [0.15, 0.2) is 9.84 Å². The van der Waals surface area contributed by atoms with E-state index < -0.39 is 14.6 Å². The van der Waals surface area contributed by atoms with Gasteiger partial charge >= 0.3 is 0 Å². The number of hydrogen-bond donors (Lipinski definition) is 1. The van der Waals surface area contributed by atoms with Gasteiger partial charge in [0.25, 0.3) is 0 Å². The average Bonchev–Trinajstić information content (AvgIpc) is 2.69. The Hall–Kier alpha value is -1.08. The lowest BCUT2D eigenvalue weighted by Crippen LogP contribution is -2.38. The van der Waals surface area contributed by atoms with Crippen molar-refractivity contribution >= 4 is 15.8 Å². The highest BCUT2D eigenvalue weighted by Gasteiger charge is 2.30. The first-order valence-electron chi connectivity index (χ1n) is 5.71. The molecule has 0 saturated carbocycles. The molecule has 0 aliphatic rings. The number of sulfone groups is 1. The monoisotopic (exact) mass is 275 g/mol. The summed E-state index contributed by atoms with van der Waals surface area (Å²) in [5.74, 6) is 0.656. The fourth-order valence-corrected chi connectivity index (χ4v) is 1.60. The predicted molar refractivity (Wildman–Crippen MR) is 71.5 cm³/mol. The molecule has 0 aliphatic heterocycles. The minimum absolute atomic E-state index is 0.315. The Morgan fingerprint density at radius 3 is 2.72 bits per heavy atom. The van der Waals surface area contributed by atoms with Gasteiger partial charge in [-0.1, -0.05) is 0 Å². The van der Waals surface area contributed by atoms with Crippen molar-refractivity contribution in [1.82, 2.24) is 9.55 Å². The van der Waals surface area contributed by atoms with Crippen LogP contribution in [0.25, 0.3) is 0 Å². The molecule has 1 heterocycles. The zero-order valence-corrected chi connectivity index (χ0v) is 12.1. The maximum atomic E-state index is 11.6. The van der Waals surface area contributed by atoms with Crippen molar-refractivity contribution in [2.75, 3.05) is 31.8 Å². The van der Waals surface area contributed by atoms with E-state index in [1.54, 1.807) is 27.2 Å². The van der Waals surface area contributed by atoms with Gasteiger partial charge in [0.1, 0.15) is 0 Å². The van der Waals surface area contributed by atoms with E-state index in [-0.39, 0.29) is 0 Å². The summed E-state index contributed by atoms with van der Waals surface area (Å²) in [4.78, 5) is 4.16. The molecule has 0 aliphatic carbocycles. The fraction of sp³-hybridized carbons (Fsp3) is 0.727. The maximum absolute atomic E-state index is 11.6. The molecule has 7 heteroatoms. The molecule has 0 fully saturated rings. The van der Waals surface area contributed by atoms with Gasteiger partial charge in [-0.05, 0) is 13.8 Å². The van der Waals surface area contributed by atoms with Crippen LogP contribution in [0.15, 0.2) is 12.4 Å². The van der Waals surface area contributed by atoms with E-state index >= 15 is 0 Å². The lowest BCUT2D eigenvalue weighted by atomic mass is 10.2. The van der Waals surface area contributed by atoms with E-state index in [1.807, 2.05) is 10.8 Å². The average molecular weight is 275 g/mol. The SMILES string of the molecule is COCCn1ccnc1NCC(C)(C)S(C)(=O)=O. The van der Waals surface area contributed by atoms with Gasteiger partial charge in [-0.2, -0.15) is 0 Å². The minimum atomic E-state index is -3.11. The second kappa shape index (κ2) is 5.71. The van der Waals surface area contributed by atoms with E-state index in [2.05, 4.69) is 10.3 Å². The zero-order chi connectivity index (χ0) is 13.8. The standard InChI is InChI=1S/C11H21N3O3S/c1-11(2,18(4,15)16)9-13-10-12-5-6-14(10)7-8-17-3/h5-6H,7-9H2,1-4H3,(H,12,13). The first-order chi connectivity index (χ1) is 8.28. The molecule has 0 atom stereocenters. The van der Waals surface area contributed by atoms with Crippen molar-refractivity contribution in [1.29, 1.82) is 0 Å². The molecule has 0 unspecified atom stereocenters. The number of imidazole rings is 1. The van der Waals surface area contributed by atoms with E-state index in [9.17, 15) is 8.42 Å². The number of ether oxygens (including phenoxy) is 1. The molecule has 1 N–H and O–H groups in total. The molecular weight excluding hydrogens is 254 g/mol. The van der Waals surface area contributed by atoms with Crippen LogP contribution in [0.1, 0.15) is 13.8 Å². The van der Waals surface area contributed by atoms with Crippen molar-refractivity contribution in [3.05, 3.63) is 12.4 Å². The molecule has 0 aromatic carbocycles. The van der Waals surface area contributed by atoms with E-state index in [4.69, 9.17) is 4.74 Å². The second-order valence-electron chi connectivity index (χ2n) is 4.82. The van der Waals surface area contributed by atoms with Gasteiger partial charge in [-0.15, -0.1) is 0 Å². The number of nitrogens with one attached hydrogen (secondary N) is 1. The molecule has 0 spiro atoms. The van der Waals surface area contributed by atoms with Crippen molar-refractivity contribution in [2.24, 2.45) is 0 Å². The highest BCUT2D eigenvalue weighted by molar-refractivity contribution is 7.92. The van der Waals surface area contributed by atoms with Crippen LogP contribution in [0.5, 0.6) is 0 Å². The number of nitrogens with zero attached hydrogens (tertiary/aromatic N) is 2. The molecule has 1 rings (SSSR count). The summed E-state index contributed by atoms with van der Waals surface area (Å²) in [6.07, 6.45) is 4.74. The maximum Gasteiger partial charge on any atom is 0.202 e. The molecule has 0 saturated heterocycles. The first kappa shape index (κ1) is 15.0. The topological polar surface area (TPSA) is 73.2 Å². The summed E-state index contributed by atoms with van der Waals surface area (Å²) in [6.45, 7) is 4.96. The Bertz CT molecular complexity index is 479. The Morgan fingerprint density at radius 1 is 1.50 bits per heavy atom. The highest BCUT2D eigenvalue weighted by atomic mass is 32.2. The van der Waals surface area contributed by atoms with Crippen molar-refractivity contribution in [3.63, 3.8) is 0 Å².